The van der Waals surface area contributed by atoms with Crippen molar-refractivity contribution in [1.29, 1.82) is 0 Å². The number of aromatic carboxylic acids is 1. The molecule has 0 aliphatic carbocycles. The maximum Gasteiger partial charge on any atom is 0.337 e. The second kappa shape index (κ2) is 5.34. The molecule has 4 N–H and O–H groups in total. The van der Waals surface area contributed by atoms with Crippen LogP contribution in [0.4, 0.5) is 25.8 Å². The second-order valence-corrected chi connectivity index (χ2v) is 4.39. The van der Waals surface area contributed by atoms with Gasteiger partial charge in [-0.25, -0.2) is 13.6 Å². The number of hydrogen-bond acceptors (Lipinski definition) is 3. The molecule has 0 saturated carbocycles. The van der Waals surface area contributed by atoms with Crippen molar-refractivity contribution < 1.29 is 18.7 Å². The molecule has 0 spiro atoms. The maximum atomic E-state index is 13.1. The number of carbonyl (C=O) groups is 1. The predicted molar refractivity (Wildman–Crippen MR) is 72.5 cm³/mol. The van der Waals surface area contributed by atoms with Crippen molar-refractivity contribution in [2.45, 2.75) is 0 Å². The Balaban J connectivity index is 2.47. The van der Waals surface area contributed by atoms with Crippen molar-refractivity contribution in [1.82, 2.24) is 0 Å². The van der Waals surface area contributed by atoms with Crippen molar-refractivity contribution in [2.75, 3.05) is 11.1 Å². The molecule has 2 aromatic rings. The number of nitrogens with two attached hydrogens (primary N) is 1. The summed E-state index contributed by atoms with van der Waals surface area (Å²) in [6.07, 6.45) is 0. The summed E-state index contributed by atoms with van der Waals surface area (Å²) < 4.78 is 26.0. The molecule has 0 saturated heterocycles. The summed E-state index contributed by atoms with van der Waals surface area (Å²) in [5, 5.41) is 11.8. The standard InChI is InChI=1S/C13H9ClF2N2O2/c14-9-4-6(17)3-8(13(19)20)12(9)18-7-1-2-10(15)11(16)5-7/h1-5,18H,17H2,(H,19,20). The normalized spacial score (nSPS) is 10.3. The molecular formula is C13H9ClF2N2O2. The molecule has 0 radical (unpaired) electrons. The Morgan fingerprint density at radius 3 is 2.50 bits per heavy atom. The van der Waals surface area contributed by atoms with E-state index in [0.717, 1.165) is 12.1 Å². The molecule has 104 valence electrons. The van der Waals surface area contributed by atoms with Gasteiger partial charge in [-0.15, -0.1) is 0 Å². The summed E-state index contributed by atoms with van der Waals surface area (Å²) in [6, 6.07) is 5.65. The smallest absolute Gasteiger partial charge is 0.337 e. The third kappa shape index (κ3) is 2.80. The largest absolute Gasteiger partial charge is 0.478 e. The minimum Gasteiger partial charge on any atom is -0.478 e. The van der Waals surface area contributed by atoms with Gasteiger partial charge in [0, 0.05) is 17.4 Å². The van der Waals surface area contributed by atoms with Gasteiger partial charge in [-0.3, -0.25) is 0 Å². The van der Waals surface area contributed by atoms with Gasteiger partial charge in [-0.1, -0.05) is 11.6 Å². The van der Waals surface area contributed by atoms with Crippen LogP contribution in [0.15, 0.2) is 30.3 Å². The molecule has 0 fully saturated rings. The van der Waals surface area contributed by atoms with Crippen LogP contribution in [0, 0.1) is 11.6 Å². The van der Waals surface area contributed by atoms with Crippen LogP contribution >= 0.6 is 11.6 Å². The topological polar surface area (TPSA) is 75.3 Å². The van der Waals surface area contributed by atoms with Gasteiger partial charge in [0.05, 0.1) is 16.3 Å². The van der Waals surface area contributed by atoms with Crippen molar-refractivity contribution in [2.24, 2.45) is 0 Å². The maximum absolute atomic E-state index is 13.1. The molecule has 0 amide bonds. The predicted octanol–water partition coefficient (Wildman–Crippen LogP) is 3.64. The van der Waals surface area contributed by atoms with Gasteiger partial charge in [0.25, 0.3) is 0 Å². The summed E-state index contributed by atoms with van der Waals surface area (Å²) >= 11 is 5.93. The molecule has 2 aromatic carbocycles. The van der Waals surface area contributed by atoms with Crippen molar-refractivity contribution in [3.63, 3.8) is 0 Å². The highest BCUT2D eigenvalue weighted by Gasteiger charge is 2.15. The Hall–Kier alpha value is -2.34. The van der Waals surface area contributed by atoms with E-state index in [-0.39, 0.29) is 27.6 Å². The number of rotatable bonds is 3. The van der Waals surface area contributed by atoms with Crippen LogP contribution in [-0.4, -0.2) is 11.1 Å². The van der Waals surface area contributed by atoms with E-state index in [9.17, 15) is 13.6 Å². The minimum absolute atomic E-state index is 0.0550. The highest BCUT2D eigenvalue weighted by Crippen LogP contribution is 2.32. The first-order chi connectivity index (χ1) is 9.38. The first kappa shape index (κ1) is 14.1. The van der Waals surface area contributed by atoms with Crippen LogP contribution in [0.25, 0.3) is 0 Å². The molecular weight excluding hydrogens is 290 g/mol. The highest BCUT2D eigenvalue weighted by atomic mass is 35.5. The van der Waals surface area contributed by atoms with Gasteiger partial charge in [0.1, 0.15) is 0 Å². The molecule has 2 rings (SSSR count). The molecule has 20 heavy (non-hydrogen) atoms. The van der Waals surface area contributed by atoms with E-state index in [2.05, 4.69) is 5.32 Å². The third-order valence-corrected chi connectivity index (χ3v) is 2.83. The minimum atomic E-state index is -1.25. The zero-order valence-electron chi connectivity index (χ0n) is 9.95. The molecule has 0 bridgehead atoms. The third-order valence-electron chi connectivity index (χ3n) is 2.53. The average molecular weight is 299 g/mol. The quantitative estimate of drug-likeness (QED) is 0.756. The van der Waals surface area contributed by atoms with E-state index < -0.39 is 17.6 Å². The number of hydrogen-bond donors (Lipinski definition) is 3. The molecule has 0 unspecified atom stereocenters. The van der Waals surface area contributed by atoms with Gasteiger partial charge in [0.15, 0.2) is 11.6 Å². The fourth-order valence-electron chi connectivity index (χ4n) is 1.64. The summed E-state index contributed by atoms with van der Waals surface area (Å²) in [4.78, 5) is 11.1. The lowest BCUT2D eigenvalue weighted by Gasteiger charge is -2.12. The van der Waals surface area contributed by atoms with Gasteiger partial charge in [-0.05, 0) is 24.3 Å². The summed E-state index contributed by atoms with van der Waals surface area (Å²) in [5.41, 5.74) is 5.75. The molecule has 0 aliphatic heterocycles. The lowest BCUT2D eigenvalue weighted by atomic mass is 10.1. The highest BCUT2D eigenvalue weighted by molar-refractivity contribution is 6.34. The first-order valence-electron chi connectivity index (χ1n) is 5.43. The van der Waals surface area contributed by atoms with E-state index in [1.54, 1.807) is 0 Å². The zero-order valence-corrected chi connectivity index (χ0v) is 10.7. The van der Waals surface area contributed by atoms with E-state index in [0.29, 0.717) is 0 Å². The van der Waals surface area contributed by atoms with Crippen LogP contribution in [0.2, 0.25) is 5.02 Å². The van der Waals surface area contributed by atoms with Crippen LogP contribution in [-0.2, 0) is 0 Å². The molecule has 4 nitrogen and oxygen atoms in total. The molecule has 0 aliphatic rings. The Morgan fingerprint density at radius 1 is 1.20 bits per heavy atom. The Bertz CT molecular complexity index is 692. The molecule has 7 heteroatoms. The molecule has 0 heterocycles. The fraction of sp³-hybridized carbons (Fsp3) is 0. The SMILES string of the molecule is Nc1cc(Cl)c(Nc2ccc(F)c(F)c2)c(C(=O)O)c1. The van der Waals surface area contributed by atoms with E-state index in [1.165, 1.54) is 18.2 Å². The van der Waals surface area contributed by atoms with Crippen LogP contribution in [0.1, 0.15) is 10.4 Å². The van der Waals surface area contributed by atoms with Gasteiger partial charge < -0.3 is 16.2 Å². The van der Waals surface area contributed by atoms with Crippen molar-refractivity contribution in [3.8, 4) is 0 Å². The lowest BCUT2D eigenvalue weighted by molar-refractivity contribution is 0.0698. The first-order valence-corrected chi connectivity index (χ1v) is 5.80. The van der Waals surface area contributed by atoms with Gasteiger partial charge in [-0.2, -0.15) is 0 Å². The molecule has 0 atom stereocenters. The van der Waals surface area contributed by atoms with Gasteiger partial charge >= 0.3 is 5.97 Å². The number of carboxylic acid groups (broad SMARTS) is 1. The Labute approximate surface area is 117 Å². The second-order valence-electron chi connectivity index (χ2n) is 3.98. The van der Waals surface area contributed by atoms with E-state index in [1.807, 2.05) is 0 Å². The zero-order chi connectivity index (χ0) is 14.9. The van der Waals surface area contributed by atoms with E-state index in [4.69, 9.17) is 22.4 Å². The monoisotopic (exact) mass is 298 g/mol. The van der Waals surface area contributed by atoms with E-state index >= 15 is 0 Å². The van der Waals surface area contributed by atoms with Crippen molar-refractivity contribution in [3.05, 3.63) is 52.6 Å². The summed E-state index contributed by atoms with van der Waals surface area (Å²) in [5.74, 6) is -3.31. The van der Waals surface area contributed by atoms with Gasteiger partial charge in [0.2, 0.25) is 0 Å². The van der Waals surface area contributed by atoms with Crippen molar-refractivity contribution >= 4 is 34.6 Å². The number of halogens is 3. The number of anilines is 3. The number of carboxylic acids is 1. The van der Waals surface area contributed by atoms with Crippen LogP contribution in [0.5, 0.6) is 0 Å². The summed E-state index contributed by atoms with van der Waals surface area (Å²) in [7, 11) is 0. The lowest BCUT2D eigenvalue weighted by Crippen LogP contribution is -2.05. The number of nitrogens with one attached hydrogen (secondary N) is 1. The average Bonchev–Trinajstić information content (AvgIpc) is 2.36. The fourth-order valence-corrected chi connectivity index (χ4v) is 1.92. The molecule has 0 aromatic heterocycles. The number of nitrogen functional groups attached to an aromatic ring is 1. The van der Waals surface area contributed by atoms with Crippen LogP contribution in [0.3, 0.4) is 0 Å². The Kier molecular flexibility index (Phi) is 3.76. The number of benzene rings is 2. The van der Waals surface area contributed by atoms with Crippen LogP contribution < -0.4 is 11.1 Å². The summed E-state index contributed by atoms with van der Waals surface area (Å²) in [6.45, 7) is 0. The Morgan fingerprint density at radius 2 is 1.90 bits per heavy atom.